The molecule has 3 amide bonds. The van der Waals surface area contributed by atoms with Crippen LogP contribution in [-0.2, 0) is 4.79 Å². The Morgan fingerprint density at radius 2 is 2.17 bits per heavy atom. The standard InChI is InChI=1S/C13H19N3O2/c1-4-5-7-15-8-6-13(9-15)11(17)16(10(2)3)12(18)14-13/h10H,6-9H2,1-3H3,(H,14,18). The highest BCUT2D eigenvalue weighted by atomic mass is 16.2. The van der Waals surface area contributed by atoms with Crippen molar-refractivity contribution in [1.29, 1.82) is 0 Å². The SMILES string of the molecule is CC#CCN1CCC2(C1)NC(=O)N(C(C)C)C2=O. The van der Waals surface area contributed by atoms with Gasteiger partial charge in [-0.05, 0) is 27.2 Å². The number of hydrogen-bond acceptors (Lipinski definition) is 3. The van der Waals surface area contributed by atoms with Crippen molar-refractivity contribution >= 4 is 11.9 Å². The highest BCUT2D eigenvalue weighted by Crippen LogP contribution is 2.29. The maximum atomic E-state index is 12.4. The number of nitrogens with zero attached hydrogens (tertiary/aromatic N) is 2. The van der Waals surface area contributed by atoms with E-state index < -0.39 is 5.54 Å². The van der Waals surface area contributed by atoms with E-state index in [1.54, 1.807) is 6.92 Å². The minimum atomic E-state index is -0.712. The highest BCUT2D eigenvalue weighted by Gasteiger charge is 2.54. The van der Waals surface area contributed by atoms with Crippen molar-refractivity contribution in [3.05, 3.63) is 0 Å². The number of carbonyl (C=O) groups is 2. The lowest BCUT2D eigenvalue weighted by Crippen LogP contribution is -2.49. The van der Waals surface area contributed by atoms with Crippen LogP contribution in [-0.4, -0.2) is 53.0 Å². The molecular formula is C13H19N3O2. The Labute approximate surface area is 107 Å². The number of nitrogens with one attached hydrogen (secondary N) is 1. The van der Waals surface area contributed by atoms with Crippen LogP contribution in [0.2, 0.25) is 0 Å². The lowest BCUT2D eigenvalue weighted by atomic mass is 9.99. The van der Waals surface area contributed by atoms with Gasteiger partial charge in [-0.15, -0.1) is 5.92 Å². The maximum absolute atomic E-state index is 12.4. The predicted octanol–water partition coefficient (Wildman–Crippen LogP) is 0.414. The number of rotatable bonds is 2. The molecule has 1 spiro atoms. The summed E-state index contributed by atoms with van der Waals surface area (Å²) in [6, 6.07) is -0.361. The number of urea groups is 1. The minimum Gasteiger partial charge on any atom is -0.322 e. The maximum Gasteiger partial charge on any atom is 0.325 e. The zero-order valence-electron chi connectivity index (χ0n) is 11.1. The van der Waals surface area contributed by atoms with E-state index in [0.717, 1.165) is 6.54 Å². The Bertz CT molecular complexity index is 435. The van der Waals surface area contributed by atoms with Crippen molar-refractivity contribution in [2.24, 2.45) is 0 Å². The predicted molar refractivity (Wildman–Crippen MR) is 67.8 cm³/mol. The summed E-state index contributed by atoms with van der Waals surface area (Å²) in [4.78, 5) is 27.7. The number of imide groups is 1. The Hall–Kier alpha value is -1.54. The summed E-state index contributed by atoms with van der Waals surface area (Å²) in [6.07, 6.45) is 0.673. The molecule has 2 rings (SSSR count). The van der Waals surface area contributed by atoms with E-state index in [1.807, 2.05) is 13.8 Å². The summed E-state index contributed by atoms with van der Waals surface area (Å²) in [7, 11) is 0. The number of likely N-dealkylation sites (tertiary alicyclic amines) is 1. The van der Waals surface area contributed by atoms with Gasteiger partial charge < -0.3 is 5.32 Å². The number of hydrogen-bond donors (Lipinski definition) is 1. The van der Waals surface area contributed by atoms with Crippen LogP contribution >= 0.6 is 0 Å². The second-order valence-electron chi connectivity index (χ2n) is 5.17. The van der Waals surface area contributed by atoms with Crippen LogP contribution in [0.15, 0.2) is 0 Å². The van der Waals surface area contributed by atoms with Crippen LogP contribution in [0.5, 0.6) is 0 Å². The normalized spacial score (nSPS) is 27.9. The molecule has 0 aromatic heterocycles. The smallest absolute Gasteiger partial charge is 0.322 e. The molecule has 1 N–H and O–H groups in total. The quantitative estimate of drug-likeness (QED) is 0.570. The second-order valence-corrected chi connectivity index (χ2v) is 5.17. The van der Waals surface area contributed by atoms with Crippen LogP contribution in [0.3, 0.4) is 0 Å². The summed E-state index contributed by atoms with van der Waals surface area (Å²) in [6.45, 7) is 7.53. The minimum absolute atomic E-state index is 0.0885. The third kappa shape index (κ3) is 1.97. The van der Waals surface area contributed by atoms with Crippen LogP contribution in [0, 0.1) is 11.8 Å². The average Bonchev–Trinajstić information content (AvgIpc) is 2.80. The second kappa shape index (κ2) is 4.62. The molecule has 2 heterocycles. The Kier molecular flexibility index (Phi) is 3.31. The summed E-state index contributed by atoms with van der Waals surface area (Å²) in [5, 5.41) is 2.86. The van der Waals surface area contributed by atoms with Crippen molar-refractivity contribution in [2.75, 3.05) is 19.6 Å². The van der Waals surface area contributed by atoms with E-state index in [0.29, 0.717) is 19.5 Å². The molecule has 0 radical (unpaired) electrons. The van der Waals surface area contributed by atoms with Gasteiger partial charge in [-0.3, -0.25) is 14.6 Å². The molecule has 98 valence electrons. The van der Waals surface area contributed by atoms with Gasteiger partial charge in [-0.1, -0.05) is 5.92 Å². The number of carbonyl (C=O) groups excluding carboxylic acids is 2. The Morgan fingerprint density at radius 1 is 1.44 bits per heavy atom. The zero-order valence-corrected chi connectivity index (χ0v) is 11.1. The first-order valence-corrected chi connectivity index (χ1v) is 6.28. The molecule has 0 aromatic rings. The largest absolute Gasteiger partial charge is 0.325 e. The summed E-state index contributed by atoms with van der Waals surface area (Å²) in [5.74, 6) is 5.75. The topological polar surface area (TPSA) is 52.7 Å². The van der Waals surface area contributed by atoms with Gasteiger partial charge in [0.05, 0.1) is 6.54 Å². The molecule has 0 aliphatic carbocycles. The molecule has 2 fully saturated rings. The van der Waals surface area contributed by atoms with Gasteiger partial charge in [0, 0.05) is 19.1 Å². The third-order valence-corrected chi connectivity index (χ3v) is 3.54. The first kappa shape index (κ1) is 12.9. The Morgan fingerprint density at radius 3 is 2.72 bits per heavy atom. The van der Waals surface area contributed by atoms with Gasteiger partial charge in [0.25, 0.3) is 5.91 Å². The average molecular weight is 249 g/mol. The summed E-state index contributed by atoms with van der Waals surface area (Å²) < 4.78 is 0. The molecule has 5 nitrogen and oxygen atoms in total. The van der Waals surface area contributed by atoms with Crippen LogP contribution < -0.4 is 5.32 Å². The lowest BCUT2D eigenvalue weighted by molar-refractivity contribution is -0.132. The lowest BCUT2D eigenvalue weighted by Gasteiger charge is -2.22. The van der Waals surface area contributed by atoms with Gasteiger partial charge in [0.1, 0.15) is 5.54 Å². The van der Waals surface area contributed by atoms with E-state index in [-0.39, 0.29) is 18.0 Å². The van der Waals surface area contributed by atoms with Crippen LogP contribution in [0.4, 0.5) is 4.79 Å². The van der Waals surface area contributed by atoms with Gasteiger partial charge in [-0.25, -0.2) is 4.79 Å². The molecule has 5 heteroatoms. The van der Waals surface area contributed by atoms with E-state index in [1.165, 1.54) is 4.90 Å². The highest BCUT2D eigenvalue weighted by molar-refractivity contribution is 6.07. The van der Waals surface area contributed by atoms with Crippen molar-refractivity contribution in [2.45, 2.75) is 38.8 Å². The van der Waals surface area contributed by atoms with E-state index >= 15 is 0 Å². The molecule has 0 saturated carbocycles. The summed E-state index contributed by atoms with van der Waals surface area (Å²) >= 11 is 0. The summed E-state index contributed by atoms with van der Waals surface area (Å²) in [5.41, 5.74) is -0.712. The third-order valence-electron chi connectivity index (χ3n) is 3.54. The van der Waals surface area contributed by atoms with Crippen molar-refractivity contribution in [3.63, 3.8) is 0 Å². The van der Waals surface area contributed by atoms with Gasteiger partial charge in [-0.2, -0.15) is 0 Å². The van der Waals surface area contributed by atoms with E-state index in [9.17, 15) is 9.59 Å². The van der Waals surface area contributed by atoms with Crippen LogP contribution in [0.1, 0.15) is 27.2 Å². The fourth-order valence-electron chi connectivity index (χ4n) is 2.60. The van der Waals surface area contributed by atoms with Gasteiger partial charge in [0.2, 0.25) is 0 Å². The molecule has 18 heavy (non-hydrogen) atoms. The molecule has 2 aliphatic heterocycles. The zero-order chi connectivity index (χ0) is 13.3. The van der Waals surface area contributed by atoms with Gasteiger partial charge >= 0.3 is 6.03 Å². The van der Waals surface area contributed by atoms with E-state index in [4.69, 9.17) is 0 Å². The van der Waals surface area contributed by atoms with Crippen molar-refractivity contribution in [1.82, 2.24) is 15.1 Å². The van der Waals surface area contributed by atoms with Crippen molar-refractivity contribution in [3.8, 4) is 11.8 Å². The number of amides is 3. The fraction of sp³-hybridized carbons (Fsp3) is 0.692. The molecule has 2 saturated heterocycles. The van der Waals surface area contributed by atoms with Crippen LogP contribution in [0.25, 0.3) is 0 Å². The molecule has 0 aromatic carbocycles. The van der Waals surface area contributed by atoms with E-state index in [2.05, 4.69) is 22.1 Å². The molecule has 0 bridgehead atoms. The Balaban J connectivity index is 2.12. The molecule has 1 atom stereocenters. The molecule has 1 unspecified atom stereocenters. The first-order chi connectivity index (χ1) is 8.50. The van der Waals surface area contributed by atoms with Crippen molar-refractivity contribution < 1.29 is 9.59 Å². The molecular weight excluding hydrogens is 230 g/mol. The fourth-order valence-corrected chi connectivity index (χ4v) is 2.60. The molecule has 2 aliphatic rings. The monoisotopic (exact) mass is 249 g/mol. The van der Waals surface area contributed by atoms with Gasteiger partial charge in [0.15, 0.2) is 0 Å². The first-order valence-electron chi connectivity index (χ1n) is 6.28.